The summed E-state index contributed by atoms with van der Waals surface area (Å²) in [5, 5.41) is 1.12. The maximum atomic E-state index is 13.9. The van der Waals surface area contributed by atoms with Crippen LogP contribution in [0.4, 0.5) is 0 Å². The second kappa shape index (κ2) is 10.1. The van der Waals surface area contributed by atoms with Gasteiger partial charge in [-0.15, -0.1) is 0 Å². The highest BCUT2D eigenvalue weighted by Crippen LogP contribution is 2.57. The Morgan fingerprint density at radius 3 is 1.00 bits per heavy atom. The Kier molecular flexibility index (Phi) is 7.58. The van der Waals surface area contributed by atoms with Crippen molar-refractivity contribution in [3.63, 3.8) is 0 Å². The van der Waals surface area contributed by atoms with E-state index in [4.69, 9.17) is 34.8 Å². The molecule has 0 N–H and O–H groups in total. The molecule has 0 unspecified atom stereocenters. The maximum absolute atomic E-state index is 13.9. The molecule has 0 spiro atoms. The van der Waals surface area contributed by atoms with Crippen molar-refractivity contribution in [3.8, 4) is 0 Å². The molecule has 29 heavy (non-hydrogen) atoms. The smallest absolute Gasteiger partial charge is 0.154 e. The summed E-state index contributed by atoms with van der Waals surface area (Å²) in [6, 6.07) is 28.0. The van der Waals surface area contributed by atoms with Gasteiger partial charge in [0.15, 0.2) is 7.14 Å². The van der Waals surface area contributed by atoms with E-state index in [1.54, 1.807) is 0 Å². The van der Waals surface area contributed by atoms with Gasteiger partial charge >= 0.3 is 0 Å². The molecule has 0 amide bonds. The Bertz CT molecular complexity index is 947. The van der Waals surface area contributed by atoms with Crippen molar-refractivity contribution < 1.29 is 4.57 Å². The van der Waals surface area contributed by atoms with Gasteiger partial charge in [-0.2, -0.15) is 0 Å². The number of hydrogen-bond acceptors (Lipinski definition) is 1. The van der Waals surface area contributed by atoms with Crippen LogP contribution in [0.25, 0.3) is 15.1 Å². The summed E-state index contributed by atoms with van der Waals surface area (Å²) >= 11 is 19.5. The van der Waals surface area contributed by atoms with E-state index < -0.39 is 7.14 Å². The normalized spacial score (nSPS) is 15.1. The van der Waals surface area contributed by atoms with E-state index in [0.717, 1.165) is 16.7 Å². The summed E-state index contributed by atoms with van der Waals surface area (Å²) in [4.78, 5) is 0. The lowest BCUT2D eigenvalue weighted by atomic mass is 10.2. The minimum atomic E-state index is -3.27. The molecule has 0 aliphatic carbocycles. The first-order valence-corrected chi connectivity index (χ1v) is 11.9. The van der Waals surface area contributed by atoms with Crippen molar-refractivity contribution in [2.75, 3.05) is 0 Å². The van der Waals surface area contributed by atoms with E-state index in [-0.39, 0.29) is 0 Å². The Labute approximate surface area is 186 Å². The van der Waals surface area contributed by atoms with Crippen molar-refractivity contribution in [2.45, 2.75) is 0 Å². The summed E-state index contributed by atoms with van der Waals surface area (Å²) in [5.41, 5.74) is 2.30. The predicted octanol–water partition coefficient (Wildman–Crippen LogP) is 9.06. The molecule has 3 aromatic carbocycles. The molecule has 3 aromatic rings. The Morgan fingerprint density at radius 2 is 0.759 bits per heavy atom. The fraction of sp³-hybridized carbons (Fsp3) is 0. The van der Waals surface area contributed by atoms with Crippen LogP contribution in [0.5, 0.6) is 0 Å². The molecule has 5 heteroatoms. The van der Waals surface area contributed by atoms with Crippen molar-refractivity contribution >= 4 is 57.0 Å². The lowest BCUT2D eigenvalue weighted by Gasteiger charge is -2.10. The van der Waals surface area contributed by atoms with Gasteiger partial charge in [-0.1, -0.05) is 126 Å². The molecule has 146 valence electrons. The molecular weight excluding hydrogens is 442 g/mol. The van der Waals surface area contributed by atoms with E-state index in [0.29, 0.717) is 15.1 Å². The van der Waals surface area contributed by atoms with E-state index in [9.17, 15) is 4.57 Å². The highest BCUT2D eigenvalue weighted by Gasteiger charge is 2.18. The van der Waals surface area contributed by atoms with Crippen molar-refractivity contribution in [3.05, 3.63) is 125 Å². The van der Waals surface area contributed by atoms with Gasteiger partial charge in [0.05, 0.1) is 15.1 Å². The van der Waals surface area contributed by atoms with Gasteiger partial charge in [0, 0.05) is 17.5 Å². The first kappa shape index (κ1) is 21.7. The van der Waals surface area contributed by atoms with Crippen LogP contribution in [-0.4, -0.2) is 0 Å². The van der Waals surface area contributed by atoms with Crippen LogP contribution >= 0.6 is 41.9 Å². The molecule has 1 nitrogen and oxygen atoms in total. The molecule has 3 rings (SSSR count). The molecule has 0 fully saturated rings. The van der Waals surface area contributed by atoms with Crippen LogP contribution in [0.3, 0.4) is 0 Å². The Morgan fingerprint density at radius 1 is 0.517 bits per heavy atom. The van der Waals surface area contributed by atoms with E-state index in [2.05, 4.69) is 0 Å². The molecule has 0 aliphatic heterocycles. The largest absolute Gasteiger partial charge is 0.310 e. The van der Waals surface area contributed by atoms with Crippen LogP contribution < -0.4 is 0 Å². The molecule has 0 saturated heterocycles. The van der Waals surface area contributed by atoms with Crippen LogP contribution in [0.2, 0.25) is 0 Å². The number of benzene rings is 3. The Hall–Kier alpha value is -2.02. The molecule has 0 aromatic heterocycles. The van der Waals surface area contributed by atoms with Gasteiger partial charge in [-0.05, 0) is 16.7 Å². The first-order valence-electron chi connectivity index (χ1n) is 8.87. The van der Waals surface area contributed by atoms with Gasteiger partial charge in [-0.3, -0.25) is 0 Å². The number of rotatable bonds is 6. The van der Waals surface area contributed by atoms with E-state index in [1.165, 1.54) is 17.5 Å². The average Bonchev–Trinajstić information content (AvgIpc) is 2.75. The molecule has 0 radical (unpaired) electrons. The number of hydrogen-bond donors (Lipinski definition) is 0. The summed E-state index contributed by atoms with van der Waals surface area (Å²) < 4.78 is 13.9. The molecule has 0 bridgehead atoms. The highest BCUT2D eigenvalue weighted by atomic mass is 35.5. The zero-order chi connectivity index (χ0) is 20.7. The summed E-state index contributed by atoms with van der Waals surface area (Å²) in [6.45, 7) is 0. The van der Waals surface area contributed by atoms with Crippen LogP contribution in [0.15, 0.2) is 108 Å². The third-order valence-electron chi connectivity index (χ3n) is 4.09. The maximum Gasteiger partial charge on any atom is 0.154 e. The van der Waals surface area contributed by atoms with Gasteiger partial charge in [-0.25, -0.2) is 0 Å². The minimum absolute atomic E-state index is 0.372. The summed E-state index contributed by atoms with van der Waals surface area (Å²) in [5.74, 6) is 4.58. The topological polar surface area (TPSA) is 17.1 Å². The van der Waals surface area contributed by atoms with Crippen molar-refractivity contribution in [2.24, 2.45) is 0 Å². The fourth-order valence-corrected chi connectivity index (χ4v) is 6.14. The average molecular weight is 460 g/mol. The van der Waals surface area contributed by atoms with Crippen LogP contribution in [0, 0.1) is 0 Å². The second-order valence-electron chi connectivity index (χ2n) is 6.29. The van der Waals surface area contributed by atoms with Gasteiger partial charge in [0.2, 0.25) is 0 Å². The monoisotopic (exact) mass is 458 g/mol. The molecule has 0 heterocycles. The van der Waals surface area contributed by atoms with Gasteiger partial charge in [0.1, 0.15) is 0 Å². The predicted molar refractivity (Wildman–Crippen MR) is 128 cm³/mol. The fourth-order valence-electron chi connectivity index (χ4n) is 2.66. The molecule has 0 aliphatic rings. The molecular formula is C24H18Cl3OP. The standard InChI is InChI=1S/C24H18Cl3OP/c25-22(19-10-4-1-5-11-19)16-29(28,17-23(26)20-12-6-2-7-13-20)18-24(27)21-14-8-3-9-15-21/h1-18H. The van der Waals surface area contributed by atoms with Gasteiger partial charge in [0.25, 0.3) is 0 Å². The second-order valence-corrected chi connectivity index (χ2v) is 9.82. The van der Waals surface area contributed by atoms with Crippen molar-refractivity contribution in [1.82, 2.24) is 0 Å². The lowest BCUT2D eigenvalue weighted by Crippen LogP contribution is -1.81. The molecule has 0 atom stereocenters. The first-order chi connectivity index (χ1) is 14.0. The summed E-state index contributed by atoms with van der Waals surface area (Å²) in [6.07, 6.45) is 0. The number of halogens is 3. The van der Waals surface area contributed by atoms with Gasteiger partial charge < -0.3 is 4.57 Å². The zero-order valence-electron chi connectivity index (χ0n) is 15.4. The summed E-state index contributed by atoms with van der Waals surface area (Å²) in [7, 11) is -3.27. The lowest BCUT2D eigenvalue weighted by molar-refractivity contribution is 0.591. The zero-order valence-corrected chi connectivity index (χ0v) is 18.5. The van der Waals surface area contributed by atoms with Crippen molar-refractivity contribution in [1.29, 1.82) is 0 Å². The third kappa shape index (κ3) is 6.23. The van der Waals surface area contributed by atoms with Crippen LogP contribution in [-0.2, 0) is 4.57 Å². The molecule has 0 saturated carbocycles. The third-order valence-corrected chi connectivity index (χ3v) is 7.52. The van der Waals surface area contributed by atoms with E-state index >= 15 is 0 Å². The SMILES string of the molecule is O=P(C=C(Cl)c1ccccc1)(C=C(Cl)c1ccccc1)C=C(Cl)c1ccccc1. The minimum Gasteiger partial charge on any atom is -0.310 e. The Balaban J connectivity index is 2.09. The van der Waals surface area contributed by atoms with E-state index in [1.807, 2.05) is 91.0 Å². The highest BCUT2D eigenvalue weighted by molar-refractivity contribution is 7.74. The quantitative estimate of drug-likeness (QED) is 0.336. The van der Waals surface area contributed by atoms with Crippen LogP contribution in [0.1, 0.15) is 16.7 Å².